The third-order valence-electron chi connectivity index (χ3n) is 3.42. The third kappa shape index (κ3) is 12.2. The standard InChI is InChI=1S/C18H15P.2C2H2Cl2O2.Rh/c1-4-10-16(11-5-1)19(17-12-6-2-7-13-17)18-14-8-3-9-15-18;2*3-1(4)2(5)6;/h1-15H;2*1H,(H,5,6);. The van der Waals surface area contributed by atoms with Gasteiger partial charge in [0.25, 0.3) is 0 Å². The summed E-state index contributed by atoms with van der Waals surface area (Å²) >= 11 is 19.1. The number of aliphatic carboxylic acids is 2. The fraction of sp³-hybridized carbons (Fsp3) is 0.0909. The van der Waals surface area contributed by atoms with Gasteiger partial charge >= 0.3 is 11.9 Å². The number of carboxylic acid groups (broad SMARTS) is 2. The summed E-state index contributed by atoms with van der Waals surface area (Å²) in [5.74, 6) is -2.42. The van der Waals surface area contributed by atoms with Crippen molar-refractivity contribution in [2.24, 2.45) is 0 Å². The molecule has 0 spiro atoms. The molecule has 1 radical (unpaired) electrons. The van der Waals surface area contributed by atoms with E-state index in [1.807, 2.05) is 0 Å². The zero-order valence-corrected chi connectivity index (χ0v) is 21.9. The Morgan fingerprint density at radius 3 is 0.906 bits per heavy atom. The van der Waals surface area contributed by atoms with Crippen LogP contribution in [-0.2, 0) is 29.1 Å². The van der Waals surface area contributed by atoms with Crippen molar-refractivity contribution >= 4 is 82.2 Å². The Hall–Kier alpha value is -1.19. The van der Waals surface area contributed by atoms with Crippen molar-refractivity contribution in [3.63, 3.8) is 0 Å². The van der Waals surface area contributed by atoms with E-state index in [-0.39, 0.29) is 19.5 Å². The molecule has 3 aromatic rings. The zero-order chi connectivity index (χ0) is 23.2. The fourth-order valence-electron chi connectivity index (χ4n) is 2.18. The minimum Gasteiger partial charge on any atom is -0.479 e. The van der Waals surface area contributed by atoms with E-state index in [2.05, 4.69) is 91.0 Å². The minimum absolute atomic E-state index is 0. The van der Waals surface area contributed by atoms with Gasteiger partial charge in [0.1, 0.15) is 0 Å². The van der Waals surface area contributed by atoms with Crippen molar-refractivity contribution in [1.29, 1.82) is 0 Å². The first kappa shape index (κ1) is 30.8. The van der Waals surface area contributed by atoms with Crippen LogP contribution in [-0.4, -0.2) is 31.8 Å². The van der Waals surface area contributed by atoms with E-state index < -0.39 is 29.5 Å². The summed E-state index contributed by atoms with van der Waals surface area (Å²) in [6.45, 7) is 0. The van der Waals surface area contributed by atoms with E-state index in [1.54, 1.807) is 0 Å². The molecule has 0 aliphatic rings. The average molecular weight is 623 g/mol. The molecule has 10 heteroatoms. The summed E-state index contributed by atoms with van der Waals surface area (Å²) in [6.07, 6.45) is 0. The van der Waals surface area contributed by atoms with Crippen LogP contribution >= 0.6 is 54.3 Å². The first-order chi connectivity index (χ1) is 14.7. The average Bonchev–Trinajstić information content (AvgIpc) is 2.77. The molecule has 0 saturated heterocycles. The number of hydrogen-bond acceptors (Lipinski definition) is 2. The molecule has 0 bridgehead atoms. The SMILES string of the molecule is O=C(O)C(Cl)Cl.O=C(O)C(Cl)Cl.[Rh].c1ccc(P(c2ccccc2)c2ccccc2)cc1. The van der Waals surface area contributed by atoms with Gasteiger partial charge in [-0.1, -0.05) is 137 Å². The van der Waals surface area contributed by atoms with Crippen LogP contribution in [0.5, 0.6) is 0 Å². The predicted molar refractivity (Wildman–Crippen MR) is 131 cm³/mol. The Kier molecular flexibility index (Phi) is 16.7. The van der Waals surface area contributed by atoms with Gasteiger partial charge in [-0.2, -0.15) is 0 Å². The maximum atomic E-state index is 9.44. The normalized spacial score (nSPS) is 9.72. The van der Waals surface area contributed by atoms with Crippen molar-refractivity contribution in [3.05, 3.63) is 91.0 Å². The minimum atomic E-state index is -1.29. The van der Waals surface area contributed by atoms with Gasteiger partial charge < -0.3 is 10.2 Å². The molecule has 3 rings (SSSR count). The van der Waals surface area contributed by atoms with E-state index in [0.717, 1.165) is 0 Å². The second-order valence-electron chi connectivity index (χ2n) is 5.62. The van der Waals surface area contributed by atoms with Crippen LogP contribution < -0.4 is 15.9 Å². The van der Waals surface area contributed by atoms with Crippen molar-refractivity contribution in [3.8, 4) is 0 Å². The molecule has 0 aliphatic heterocycles. The van der Waals surface area contributed by atoms with Gasteiger partial charge in [0, 0.05) is 19.5 Å². The molecule has 0 aliphatic carbocycles. The number of benzene rings is 3. The number of alkyl halides is 4. The van der Waals surface area contributed by atoms with Crippen LogP contribution in [0.3, 0.4) is 0 Å². The predicted octanol–water partition coefficient (Wildman–Crippen LogP) is 5.19. The molecule has 2 N–H and O–H groups in total. The number of carboxylic acids is 2. The van der Waals surface area contributed by atoms with Crippen LogP contribution in [0.25, 0.3) is 0 Å². The molecule has 0 aromatic heterocycles. The molecule has 4 nitrogen and oxygen atoms in total. The van der Waals surface area contributed by atoms with E-state index >= 15 is 0 Å². The Labute approximate surface area is 221 Å². The Bertz CT molecular complexity index is 805. The van der Waals surface area contributed by atoms with Crippen LogP contribution in [0, 0.1) is 0 Å². The molecular formula is C22H19Cl4O4PRh. The van der Waals surface area contributed by atoms with Crippen molar-refractivity contribution in [1.82, 2.24) is 0 Å². The van der Waals surface area contributed by atoms with Gasteiger partial charge in [0.05, 0.1) is 0 Å². The Balaban J connectivity index is 0.000000620. The maximum absolute atomic E-state index is 9.44. The summed E-state index contributed by atoms with van der Waals surface area (Å²) in [4.78, 5) is 16.3. The molecule has 0 atom stereocenters. The van der Waals surface area contributed by atoms with E-state index in [9.17, 15) is 9.59 Å². The molecule has 0 unspecified atom stereocenters. The molecule has 0 saturated carbocycles. The van der Waals surface area contributed by atoms with Gasteiger partial charge in [-0.25, -0.2) is 9.59 Å². The second-order valence-corrected chi connectivity index (χ2v) is 10.0. The van der Waals surface area contributed by atoms with E-state index in [1.165, 1.54) is 15.9 Å². The third-order valence-corrected chi connectivity index (χ3v) is 6.61. The monoisotopic (exact) mass is 621 g/mol. The van der Waals surface area contributed by atoms with Crippen LogP contribution in [0.1, 0.15) is 0 Å². The Morgan fingerprint density at radius 2 is 0.750 bits per heavy atom. The van der Waals surface area contributed by atoms with Gasteiger partial charge in [-0.05, 0) is 23.8 Å². The number of carbonyl (C=O) groups is 2. The van der Waals surface area contributed by atoms with Gasteiger partial charge in [-0.15, -0.1) is 0 Å². The molecule has 3 aromatic carbocycles. The summed E-state index contributed by atoms with van der Waals surface area (Å²) < 4.78 is 0. The Morgan fingerprint density at radius 1 is 0.562 bits per heavy atom. The molecule has 0 amide bonds. The smallest absolute Gasteiger partial charge is 0.337 e. The molecular weight excluding hydrogens is 604 g/mol. The summed E-state index contributed by atoms with van der Waals surface area (Å²) in [5, 5.41) is 19.6. The molecule has 32 heavy (non-hydrogen) atoms. The quantitative estimate of drug-likeness (QED) is 0.233. The van der Waals surface area contributed by atoms with Crippen molar-refractivity contribution < 1.29 is 39.3 Å². The molecule has 0 fully saturated rings. The molecule has 0 heterocycles. The first-order valence-electron chi connectivity index (χ1n) is 8.71. The van der Waals surface area contributed by atoms with Crippen LogP contribution in [0.4, 0.5) is 0 Å². The van der Waals surface area contributed by atoms with Gasteiger partial charge in [-0.3, -0.25) is 0 Å². The van der Waals surface area contributed by atoms with E-state index in [4.69, 9.17) is 56.6 Å². The molecule has 173 valence electrons. The van der Waals surface area contributed by atoms with E-state index in [0.29, 0.717) is 0 Å². The van der Waals surface area contributed by atoms with Crippen LogP contribution in [0.15, 0.2) is 91.0 Å². The summed E-state index contributed by atoms with van der Waals surface area (Å²) in [6, 6.07) is 32.3. The zero-order valence-electron chi connectivity index (χ0n) is 16.3. The van der Waals surface area contributed by atoms with Gasteiger partial charge in [0.15, 0.2) is 0 Å². The number of rotatable bonds is 5. The number of halogens is 4. The fourth-order valence-corrected chi connectivity index (χ4v) is 4.48. The maximum Gasteiger partial charge on any atom is 0.337 e. The van der Waals surface area contributed by atoms with Crippen molar-refractivity contribution in [2.45, 2.75) is 9.67 Å². The number of hydrogen-bond donors (Lipinski definition) is 2. The van der Waals surface area contributed by atoms with Crippen LogP contribution in [0.2, 0.25) is 0 Å². The first-order valence-corrected chi connectivity index (χ1v) is 11.8. The largest absolute Gasteiger partial charge is 0.479 e. The van der Waals surface area contributed by atoms with Crippen molar-refractivity contribution in [2.75, 3.05) is 0 Å². The summed E-state index contributed by atoms with van der Waals surface area (Å²) in [5.41, 5.74) is 0. The van der Waals surface area contributed by atoms with Gasteiger partial charge in [0.2, 0.25) is 9.67 Å². The second kappa shape index (κ2) is 17.3. The summed E-state index contributed by atoms with van der Waals surface area (Å²) in [7, 11) is -0.446. The topological polar surface area (TPSA) is 74.6 Å².